The molecular formula is C17H23IN2O5. The highest BCUT2D eigenvalue weighted by atomic mass is 127. The van der Waals surface area contributed by atoms with Crippen molar-refractivity contribution in [3.05, 3.63) is 27.3 Å². The van der Waals surface area contributed by atoms with E-state index in [1.165, 1.54) is 7.11 Å². The van der Waals surface area contributed by atoms with Crippen LogP contribution in [0.5, 0.6) is 0 Å². The Morgan fingerprint density at radius 3 is 2.44 bits per heavy atom. The normalized spacial score (nSPS) is 10.8. The molecule has 0 radical (unpaired) electrons. The van der Waals surface area contributed by atoms with Crippen LogP contribution < -0.4 is 10.6 Å². The Labute approximate surface area is 161 Å². The minimum Gasteiger partial charge on any atom is -0.465 e. The summed E-state index contributed by atoms with van der Waals surface area (Å²) in [4.78, 5) is 34.9. The molecular weight excluding hydrogens is 439 g/mol. The third-order valence-electron chi connectivity index (χ3n) is 2.91. The van der Waals surface area contributed by atoms with Gasteiger partial charge in [-0.15, -0.1) is 0 Å². The van der Waals surface area contributed by atoms with E-state index in [0.29, 0.717) is 27.8 Å². The van der Waals surface area contributed by atoms with Crippen LogP contribution in [0.15, 0.2) is 18.2 Å². The Bertz CT molecular complexity index is 640. The molecule has 25 heavy (non-hydrogen) atoms. The van der Waals surface area contributed by atoms with E-state index in [9.17, 15) is 14.4 Å². The standard InChI is InChI=1S/C17H23IN2O5/c1-17(2,3)25-16(23)19-9-5-6-14(21)20-11-7-8-12(13(18)10-11)15(22)24-4/h7-8,10H,5-6,9H2,1-4H3,(H,19,23)(H,20,21). The minimum atomic E-state index is -0.547. The first-order valence-corrected chi connectivity index (χ1v) is 8.85. The number of alkyl carbamates (subject to hydrolysis) is 1. The lowest BCUT2D eigenvalue weighted by Crippen LogP contribution is -2.33. The monoisotopic (exact) mass is 462 g/mol. The molecule has 2 N–H and O–H groups in total. The number of anilines is 1. The van der Waals surface area contributed by atoms with Crippen molar-refractivity contribution in [3.8, 4) is 0 Å². The zero-order valence-electron chi connectivity index (χ0n) is 14.8. The smallest absolute Gasteiger partial charge is 0.407 e. The summed E-state index contributed by atoms with van der Waals surface area (Å²) in [5.74, 6) is -0.594. The molecule has 0 bridgehead atoms. The van der Waals surface area contributed by atoms with Crippen LogP contribution >= 0.6 is 22.6 Å². The van der Waals surface area contributed by atoms with Gasteiger partial charge in [-0.2, -0.15) is 0 Å². The zero-order valence-corrected chi connectivity index (χ0v) is 16.9. The number of rotatable bonds is 6. The van der Waals surface area contributed by atoms with Crippen LogP contribution in [0, 0.1) is 3.57 Å². The van der Waals surface area contributed by atoms with Crippen molar-refractivity contribution in [2.45, 2.75) is 39.2 Å². The number of hydrogen-bond acceptors (Lipinski definition) is 5. The quantitative estimate of drug-likeness (QED) is 0.385. The number of methoxy groups -OCH3 is 1. The fraction of sp³-hybridized carbons (Fsp3) is 0.471. The summed E-state index contributed by atoms with van der Waals surface area (Å²) in [6.45, 7) is 5.70. The highest BCUT2D eigenvalue weighted by Crippen LogP contribution is 2.19. The average molecular weight is 462 g/mol. The average Bonchev–Trinajstić information content (AvgIpc) is 2.49. The maximum atomic E-state index is 11.9. The van der Waals surface area contributed by atoms with E-state index in [-0.39, 0.29) is 12.3 Å². The topological polar surface area (TPSA) is 93.7 Å². The van der Waals surface area contributed by atoms with Gasteiger partial charge in [0.15, 0.2) is 0 Å². The maximum Gasteiger partial charge on any atom is 0.407 e. The Morgan fingerprint density at radius 2 is 1.88 bits per heavy atom. The SMILES string of the molecule is COC(=O)c1ccc(NC(=O)CCCNC(=O)OC(C)(C)C)cc1I. The van der Waals surface area contributed by atoms with E-state index in [0.717, 1.165) is 0 Å². The van der Waals surface area contributed by atoms with Crippen LogP contribution in [0.3, 0.4) is 0 Å². The predicted octanol–water partition coefficient (Wildman–Crippen LogP) is 3.32. The Hall–Kier alpha value is -1.84. The van der Waals surface area contributed by atoms with Crippen LogP contribution in [0.1, 0.15) is 44.0 Å². The van der Waals surface area contributed by atoms with Gasteiger partial charge in [0, 0.05) is 22.2 Å². The van der Waals surface area contributed by atoms with Crippen molar-refractivity contribution >= 4 is 46.2 Å². The summed E-state index contributed by atoms with van der Waals surface area (Å²) < 4.78 is 10.5. The van der Waals surface area contributed by atoms with E-state index in [2.05, 4.69) is 15.4 Å². The van der Waals surface area contributed by atoms with Crippen LogP contribution in [-0.2, 0) is 14.3 Å². The van der Waals surface area contributed by atoms with Crippen molar-refractivity contribution in [2.75, 3.05) is 19.0 Å². The van der Waals surface area contributed by atoms with E-state index in [1.807, 2.05) is 22.6 Å². The van der Waals surface area contributed by atoms with Crippen LogP contribution in [-0.4, -0.2) is 37.2 Å². The molecule has 0 aliphatic rings. The molecule has 8 heteroatoms. The molecule has 1 aromatic rings. The Morgan fingerprint density at radius 1 is 1.20 bits per heavy atom. The number of carbonyl (C=O) groups excluding carboxylic acids is 3. The van der Waals surface area contributed by atoms with Crippen molar-refractivity contribution in [1.82, 2.24) is 5.32 Å². The van der Waals surface area contributed by atoms with Crippen molar-refractivity contribution in [1.29, 1.82) is 0 Å². The van der Waals surface area contributed by atoms with Gasteiger partial charge < -0.3 is 20.1 Å². The predicted molar refractivity (Wildman–Crippen MR) is 103 cm³/mol. The van der Waals surface area contributed by atoms with Gasteiger partial charge in [-0.3, -0.25) is 4.79 Å². The van der Waals surface area contributed by atoms with Gasteiger partial charge in [-0.1, -0.05) is 0 Å². The number of halogens is 1. The summed E-state index contributed by atoms with van der Waals surface area (Å²) in [5.41, 5.74) is 0.499. The van der Waals surface area contributed by atoms with Crippen LogP contribution in [0.4, 0.5) is 10.5 Å². The lowest BCUT2D eigenvalue weighted by atomic mass is 10.2. The second-order valence-corrected chi connectivity index (χ2v) is 7.43. The molecule has 2 amide bonds. The first kappa shape index (κ1) is 21.2. The summed E-state index contributed by atoms with van der Waals surface area (Å²) in [7, 11) is 1.32. The van der Waals surface area contributed by atoms with Gasteiger partial charge >= 0.3 is 12.1 Å². The van der Waals surface area contributed by atoms with E-state index in [4.69, 9.17) is 4.74 Å². The molecule has 0 saturated heterocycles. The lowest BCUT2D eigenvalue weighted by Gasteiger charge is -2.19. The fourth-order valence-electron chi connectivity index (χ4n) is 1.85. The second-order valence-electron chi connectivity index (χ2n) is 6.27. The molecule has 0 saturated carbocycles. The molecule has 7 nitrogen and oxygen atoms in total. The number of amides is 2. The third-order valence-corrected chi connectivity index (χ3v) is 3.80. The Kier molecular flexibility index (Phi) is 8.14. The minimum absolute atomic E-state index is 0.174. The molecule has 0 heterocycles. The molecule has 0 fully saturated rings. The van der Waals surface area contributed by atoms with Crippen molar-refractivity contribution in [2.24, 2.45) is 0 Å². The van der Waals surface area contributed by atoms with Gasteiger partial charge in [0.1, 0.15) is 5.60 Å². The second kappa shape index (κ2) is 9.59. The first-order valence-electron chi connectivity index (χ1n) is 7.77. The largest absolute Gasteiger partial charge is 0.465 e. The molecule has 0 aliphatic carbocycles. The molecule has 1 rings (SSSR count). The van der Waals surface area contributed by atoms with Gasteiger partial charge in [-0.05, 0) is 68.0 Å². The third kappa shape index (κ3) is 8.19. The molecule has 1 aromatic carbocycles. The lowest BCUT2D eigenvalue weighted by molar-refractivity contribution is -0.116. The van der Waals surface area contributed by atoms with E-state index < -0.39 is 17.7 Å². The van der Waals surface area contributed by atoms with Gasteiger partial charge in [0.25, 0.3) is 0 Å². The molecule has 0 unspecified atom stereocenters. The number of carbonyl (C=O) groups is 3. The number of hydrogen-bond donors (Lipinski definition) is 2. The van der Waals surface area contributed by atoms with E-state index >= 15 is 0 Å². The first-order chi connectivity index (χ1) is 11.6. The molecule has 0 aromatic heterocycles. The van der Waals surface area contributed by atoms with Crippen molar-refractivity contribution < 1.29 is 23.9 Å². The van der Waals surface area contributed by atoms with Gasteiger partial charge in [0.05, 0.1) is 12.7 Å². The molecule has 0 aliphatic heterocycles. The van der Waals surface area contributed by atoms with Crippen LogP contribution in [0.2, 0.25) is 0 Å². The summed E-state index contributed by atoms with van der Waals surface area (Å²) >= 11 is 2.01. The summed E-state index contributed by atoms with van der Waals surface area (Å²) in [6.07, 6.45) is 0.244. The van der Waals surface area contributed by atoms with Gasteiger partial charge in [0.2, 0.25) is 5.91 Å². The highest BCUT2D eigenvalue weighted by molar-refractivity contribution is 14.1. The number of esters is 1. The maximum absolute atomic E-state index is 11.9. The van der Waals surface area contributed by atoms with Gasteiger partial charge in [-0.25, -0.2) is 9.59 Å². The van der Waals surface area contributed by atoms with Crippen molar-refractivity contribution in [3.63, 3.8) is 0 Å². The molecule has 0 spiro atoms. The van der Waals surface area contributed by atoms with Crippen LogP contribution in [0.25, 0.3) is 0 Å². The number of benzene rings is 1. The van der Waals surface area contributed by atoms with E-state index in [1.54, 1.807) is 39.0 Å². The highest BCUT2D eigenvalue weighted by Gasteiger charge is 2.15. The molecule has 0 atom stereocenters. The fourth-order valence-corrected chi connectivity index (χ4v) is 2.58. The summed E-state index contributed by atoms with van der Waals surface area (Å²) in [5, 5.41) is 5.35. The zero-order chi connectivity index (χ0) is 19.0. The number of nitrogens with one attached hydrogen (secondary N) is 2. The Balaban J connectivity index is 2.39. The summed E-state index contributed by atoms with van der Waals surface area (Å²) in [6, 6.07) is 4.95. The number of ether oxygens (including phenoxy) is 2. The molecule has 138 valence electrons.